The number of ether oxygens (including phenoxy) is 1. The number of sulfonamides is 1. The third kappa shape index (κ3) is 9.31. The maximum Gasteiger partial charge on any atom is 0.422 e. The minimum Gasteiger partial charge on any atom is -0.484 e. The van der Waals surface area contributed by atoms with Gasteiger partial charge in [0.15, 0.2) is 12.6 Å². The SMILES string of the molecule is CN=C(NCc1ccc(OCC(F)(F)F)cc1)NCc1ccc(S(=O)(=O)NC)cc1.I. The zero-order valence-electron chi connectivity index (χ0n) is 16.9. The van der Waals surface area contributed by atoms with Crippen molar-refractivity contribution in [2.45, 2.75) is 24.2 Å². The topological polar surface area (TPSA) is 91.8 Å². The molecule has 0 saturated heterocycles. The van der Waals surface area contributed by atoms with Crippen molar-refractivity contribution in [2.24, 2.45) is 4.99 Å². The first kappa shape index (κ1) is 27.0. The molecule has 0 radical (unpaired) electrons. The van der Waals surface area contributed by atoms with E-state index in [1.165, 1.54) is 31.3 Å². The van der Waals surface area contributed by atoms with E-state index in [0.717, 1.165) is 11.1 Å². The molecule has 172 valence electrons. The second kappa shape index (κ2) is 12.1. The normalized spacial score (nSPS) is 12.1. The number of nitrogens with one attached hydrogen (secondary N) is 3. The Hall–Kier alpha value is -2.06. The van der Waals surface area contributed by atoms with Crippen molar-refractivity contribution in [3.05, 3.63) is 59.7 Å². The summed E-state index contributed by atoms with van der Waals surface area (Å²) >= 11 is 0. The van der Waals surface area contributed by atoms with E-state index in [0.29, 0.717) is 19.0 Å². The fraction of sp³-hybridized carbons (Fsp3) is 0.316. The quantitative estimate of drug-likeness (QED) is 0.257. The highest BCUT2D eigenvalue weighted by Crippen LogP contribution is 2.18. The van der Waals surface area contributed by atoms with Crippen LogP contribution in [0, 0.1) is 0 Å². The van der Waals surface area contributed by atoms with Crippen LogP contribution in [0.15, 0.2) is 58.4 Å². The Morgan fingerprint density at radius 3 is 1.87 bits per heavy atom. The van der Waals surface area contributed by atoms with E-state index in [1.54, 1.807) is 31.3 Å². The number of benzene rings is 2. The van der Waals surface area contributed by atoms with E-state index in [-0.39, 0.29) is 34.6 Å². The molecule has 2 rings (SSSR count). The lowest BCUT2D eigenvalue weighted by molar-refractivity contribution is -0.153. The van der Waals surface area contributed by atoms with Gasteiger partial charge in [-0.3, -0.25) is 4.99 Å². The summed E-state index contributed by atoms with van der Waals surface area (Å²) in [4.78, 5) is 4.28. The smallest absolute Gasteiger partial charge is 0.422 e. The van der Waals surface area contributed by atoms with Crippen LogP contribution in [-0.4, -0.2) is 41.3 Å². The molecule has 0 atom stereocenters. The van der Waals surface area contributed by atoms with Gasteiger partial charge in [0.25, 0.3) is 0 Å². The zero-order valence-corrected chi connectivity index (χ0v) is 20.0. The molecule has 2 aromatic carbocycles. The molecular formula is C19H24F3IN4O3S. The highest BCUT2D eigenvalue weighted by Gasteiger charge is 2.28. The summed E-state index contributed by atoms with van der Waals surface area (Å²) in [5.41, 5.74) is 1.69. The van der Waals surface area contributed by atoms with Gasteiger partial charge >= 0.3 is 6.18 Å². The van der Waals surface area contributed by atoms with Gasteiger partial charge in [-0.2, -0.15) is 13.2 Å². The Bertz CT molecular complexity index is 951. The molecule has 0 aliphatic rings. The first-order chi connectivity index (χ1) is 14.1. The Labute approximate surface area is 196 Å². The molecule has 0 amide bonds. The zero-order chi connectivity index (χ0) is 22.2. The molecule has 0 spiro atoms. The van der Waals surface area contributed by atoms with Crippen LogP contribution >= 0.6 is 24.0 Å². The van der Waals surface area contributed by atoms with Crippen molar-refractivity contribution in [1.82, 2.24) is 15.4 Å². The van der Waals surface area contributed by atoms with E-state index in [9.17, 15) is 21.6 Å². The number of hydrogen-bond acceptors (Lipinski definition) is 4. The number of guanidine groups is 1. The average molecular weight is 572 g/mol. The summed E-state index contributed by atoms with van der Waals surface area (Å²) < 4.78 is 66.9. The number of nitrogens with zero attached hydrogens (tertiary/aromatic N) is 1. The number of rotatable bonds is 8. The van der Waals surface area contributed by atoms with Crippen LogP contribution in [0.25, 0.3) is 0 Å². The van der Waals surface area contributed by atoms with E-state index in [1.807, 2.05) is 0 Å². The highest BCUT2D eigenvalue weighted by atomic mass is 127. The first-order valence-electron chi connectivity index (χ1n) is 8.88. The second-order valence-corrected chi connectivity index (χ2v) is 8.07. The molecular weight excluding hydrogens is 548 g/mol. The molecule has 0 aliphatic carbocycles. The fourth-order valence-corrected chi connectivity index (χ4v) is 3.10. The van der Waals surface area contributed by atoms with Gasteiger partial charge in [0.05, 0.1) is 4.90 Å². The van der Waals surface area contributed by atoms with Crippen LogP contribution in [0.5, 0.6) is 5.75 Å². The number of hydrogen-bond donors (Lipinski definition) is 3. The molecule has 12 heteroatoms. The van der Waals surface area contributed by atoms with Crippen LogP contribution in [-0.2, 0) is 23.1 Å². The maximum absolute atomic E-state index is 12.2. The lowest BCUT2D eigenvalue weighted by Crippen LogP contribution is -2.36. The summed E-state index contributed by atoms with van der Waals surface area (Å²) in [5, 5.41) is 6.19. The van der Waals surface area contributed by atoms with Gasteiger partial charge < -0.3 is 15.4 Å². The Morgan fingerprint density at radius 2 is 1.45 bits per heavy atom. The Kier molecular flexibility index (Phi) is 10.5. The number of alkyl halides is 3. The fourth-order valence-electron chi connectivity index (χ4n) is 2.37. The van der Waals surface area contributed by atoms with Gasteiger partial charge in [-0.05, 0) is 42.4 Å². The number of halogens is 4. The molecule has 0 aliphatic heterocycles. The van der Waals surface area contributed by atoms with Crippen molar-refractivity contribution >= 4 is 40.0 Å². The minimum atomic E-state index is -4.38. The van der Waals surface area contributed by atoms with Gasteiger partial charge in [0.1, 0.15) is 5.75 Å². The van der Waals surface area contributed by atoms with Gasteiger partial charge in [0, 0.05) is 20.1 Å². The third-order valence-corrected chi connectivity index (χ3v) is 5.40. The summed E-state index contributed by atoms with van der Waals surface area (Å²) in [6.07, 6.45) is -4.38. The van der Waals surface area contributed by atoms with E-state index in [4.69, 9.17) is 0 Å². The average Bonchev–Trinajstić information content (AvgIpc) is 2.73. The second-order valence-electron chi connectivity index (χ2n) is 6.18. The van der Waals surface area contributed by atoms with Crippen molar-refractivity contribution in [2.75, 3.05) is 20.7 Å². The van der Waals surface area contributed by atoms with Crippen molar-refractivity contribution in [1.29, 1.82) is 0 Å². The largest absolute Gasteiger partial charge is 0.484 e. The van der Waals surface area contributed by atoms with Crippen LogP contribution in [0.3, 0.4) is 0 Å². The minimum absolute atomic E-state index is 0. The standard InChI is InChI=1S/C19H23F3N4O3S.HI/c1-23-18(26-12-15-5-9-17(10-6-15)30(27,28)24-2)25-11-14-3-7-16(8-4-14)29-13-19(20,21)22;/h3-10,24H,11-13H2,1-2H3,(H2,23,25,26);1H. The first-order valence-corrected chi connectivity index (χ1v) is 10.4. The predicted octanol–water partition coefficient (Wildman–Crippen LogP) is 3.02. The lowest BCUT2D eigenvalue weighted by atomic mass is 10.2. The monoisotopic (exact) mass is 572 g/mol. The molecule has 2 aromatic rings. The van der Waals surface area contributed by atoms with Crippen molar-refractivity contribution in [3.8, 4) is 5.75 Å². The molecule has 7 nitrogen and oxygen atoms in total. The van der Waals surface area contributed by atoms with Gasteiger partial charge in [-0.25, -0.2) is 13.1 Å². The summed E-state index contributed by atoms with van der Waals surface area (Å²) in [7, 11) is -0.521. The van der Waals surface area contributed by atoms with Crippen LogP contribution in [0.4, 0.5) is 13.2 Å². The predicted molar refractivity (Wildman–Crippen MR) is 123 cm³/mol. The van der Waals surface area contributed by atoms with Gasteiger partial charge in [-0.15, -0.1) is 24.0 Å². The van der Waals surface area contributed by atoms with Gasteiger partial charge in [-0.1, -0.05) is 24.3 Å². The van der Waals surface area contributed by atoms with Gasteiger partial charge in [0.2, 0.25) is 10.0 Å². The molecule has 3 N–H and O–H groups in total. The Morgan fingerprint density at radius 1 is 0.968 bits per heavy atom. The molecule has 0 unspecified atom stereocenters. The van der Waals surface area contributed by atoms with Crippen LogP contribution < -0.4 is 20.1 Å². The highest BCUT2D eigenvalue weighted by molar-refractivity contribution is 14.0. The molecule has 0 heterocycles. The summed E-state index contributed by atoms with van der Waals surface area (Å²) in [6.45, 7) is -0.509. The van der Waals surface area contributed by atoms with E-state index >= 15 is 0 Å². The van der Waals surface area contributed by atoms with E-state index in [2.05, 4.69) is 25.1 Å². The maximum atomic E-state index is 12.2. The third-order valence-electron chi connectivity index (χ3n) is 3.97. The molecule has 31 heavy (non-hydrogen) atoms. The van der Waals surface area contributed by atoms with Crippen molar-refractivity contribution < 1.29 is 26.3 Å². The molecule has 0 fully saturated rings. The Balaban J connectivity index is 0.00000480. The van der Waals surface area contributed by atoms with Crippen molar-refractivity contribution in [3.63, 3.8) is 0 Å². The summed E-state index contributed by atoms with van der Waals surface area (Å²) in [5.74, 6) is 0.654. The van der Waals surface area contributed by atoms with Crippen LogP contribution in [0.2, 0.25) is 0 Å². The number of aliphatic imine (C=N–C) groups is 1. The molecule has 0 bridgehead atoms. The molecule has 0 saturated carbocycles. The molecule has 0 aromatic heterocycles. The van der Waals surface area contributed by atoms with Crippen LogP contribution in [0.1, 0.15) is 11.1 Å². The lowest BCUT2D eigenvalue weighted by Gasteiger charge is -2.13. The summed E-state index contributed by atoms with van der Waals surface area (Å²) in [6, 6.07) is 12.7. The van der Waals surface area contributed by atoms with E-state index < -0.39 is 22.8 Å².